The van der Waals surface area contributed by atoms with Crippen LogP contribution in [0.15, 0.2) is 42.6 Å². The second-order valence-corrected chi connectivity index (χ2v) is 6.25. The van der Waals surface area contributed by atoms with Gasteiger partial charge in [-0.05, 0) is 23.8 Å². The molecule has 7 heteroatoms. The highest BCUT2D eigenvalue weighted by Gasteiger charge is 2.06. The highest BCUT2D eigenvalue weighted by Crippen LogP contribution is 2.33. The van der Waals surface area contributed by atoms with Gasteiger partial charge in [0.2, 0.25) is 0 Å². The summed E-state index contributed by atoms with van der Waals surface area (Å²) in [4.78, 5) is 8.61. The van der Waals surface area contributed by atoms with Gasteiger partial charge in [-0.1, -0.05) is 18.2 Å². The van der Waals surface area contributed by atoms with E-state index in [0.717, 1.165) is 21.1 Å². The molecule has 0 saturated heterocycles. The third-order valence-corrected chi connectivity index (χ3v) is 4.56. The Morgan fingerprint density at radius 3 is 2.61 bits per heavy atom. The fraction of sp³-hybridized carbons (Fsp3) is 0. The van der Waals surface area contributed by atoms with Crippen molar-refractivity contribution in [1.82, 2.24) is 9.97 Å². The Morgan fingerprint density at radius 1 is 1.09 bits per heavy atom. The second-order valence-electron chi connectivity index (χ2n) is 4.65. The van der Waals surface area contributed by atoms with E-state index in [2.05, 4.69) is 13.5 Å². The molecule has 0 spiro atoms. The number of hydrogen-bond acceptors (Lipinski definition) is 6. The number of allylic oxidation sites excluding steroid dienone is 2. The van der Waals surface area contributed by atoms with Gasteiger partial charge in [-0.15, -0.1) is 11.3 Å². The van der Waals surface area contributed by atoms with Gasteiger partial charge in [0.25, 0.3) is 0 Å². The molecular weight excluding hydrogens is 425 g/mol. The number of aromatic nitrogens is 2. The number of aromatic hydroxyl groups is 2. The standard InChI is InChI=1S/C16H12IN3O2S/c17-20-15-6-5-10(9-18-15)3-1-2-4-16-19-11-7-12(21)13(22)8-14(11)23-16/h1-9,21-22H,(H,18,20)/b3-1+,4-2+. The summed E-state index contributed by atoms with van der Waals surface area (Å²) < 4.78 is 3.77. The first-order valence-electron chi connectivity index (χ1n) is 6.65. The number of hydrogen-bond donors (Lipinski definition) is 3. The second kappa shape index (κ2) is 6.97. The molecule has 3 rings (SSSR count). The van der Waals surface area contributed by atoms with Crippen LogP contribution in [0, 0.1) is 0 Å². The average molecular weight is 437 g/mol. The monoisotopic (exact) mass is 437 g/mol. The van der Waals surface area contributed by atoms with Crippen molar-refractivity contribution in [2.75, 3.05) is 3.53 Å². The molecule has 0 atom stereocenters. The minimum atomic E-state index is -0.157. The van der Waals surface area contributed by atoms with Gasteiger partial charge in [-0.25, -0.2) is 9.97 Å². The number of halogens is 1. The van der Waals surface area contributed by atoms with Gasteiger partial charge in [0.05, 0.1) is 33.1 Å². The molecule has 3 aromatic rings. The molecule has 2 aromatic heterocycles. The number of phenols is 2. The van der Waals surface area contributed by atoms with Gasteiger partial charge < -0.3 is 13.7 Å². The minimum Gasteiger partial charge on any atom is -0.504 e. The number of anilines is 1. The van der Waals surface area contributed by atoms with E-state index in [9.17, 15) is 10.2 Å². The summed E-state index contributed by atoms with van der Waals surface area (Å²) in [5.41, 5.74) is 1.67. The first-order chi connectivity index (χ1) is 11.2. The molecule has 0 amide bonds. The molecule has 0 bridgehead atoms. The Kier molecular flexibility index (Phi) is 4.77. The van der Waals surface area contributed by atoms with Crippen LogP contribution in [0.2, 0.25) is 0 Å². The SMILES string of the molecule is Oc1cc2nc(/C=C/C=C/c3ccc(NI)nc3)sc2cc1O. The Balaban J connectivity index is 1.73. The molecule has 23 heavy (non-hydrogen) atoms. The van der Waals surface area contributed by atoms with Crippen LogP contribution < -0.4 is 3.53 Å². The lowest BCUT2D eigenvalue weighted by molar-refractivity contribution is 0.405. The van der Waals surface area contributed by atoms with Crippen LogP contribution in [0.1, 0.15) is 10.6 Å². The zero-order valence-corrected chi connectivity index (χ0v) is 14.7. The maximum Gasteiger partial charge on any atom is 0.159 e. The van der Waals surface area contributed by atoms with Crippen LogP contribution in [0.3, 0.4) is 0 Å². The summed E-state index contributed by atoms with van der Waals surface area (Å²) in [6.45, 7) is 0. The molecule has 0 aliphatic heterocycles. The van der Waals surface area contributed by atoms with Crippen molar-refractivity contribution in [2.45, 2.75) is 0 Å². The molecule has 116 valence electrons. The zero-order valence-electron chi connectivity index (χ0n) is 11.8. The molecular formula is C16H12IN3O2S. The molecule has 0 unspecified atom stereocenters. The normalized spacial score (nSPS) is 11.7. The number of rotatable bonds is 4. The van der Waals surface area contributed by atoms with Crippen LogP contribution in [0.5, 0.6) is 11.5 Å². The number of nitrogens with zero attached hydrogens (tertiary/aromatic N) is 2. The van der Waals surface area contributed by atoms with Gasteiger partial charge in [0.1, 0.15) is 10.8 Å². The molecule has 2 heterocycles. The highest BCUT2D eigenvalue weighted by molar-refractivity contribution is 14.1. The van der Waals surface area contributed by atoms with Crippen LogP contribution in [0.25, 0.3) is 22.4 Å². The number of pyridine rings is 1. The number of nitrogens with one attached hydrogen (secondary N) is 1. The van der Waals surface area contributed by atoms with Crippen LogP contribution in [0.4, 0.5) is 5.82 Å². The van der Waals surface area contributed by atoms with Crippen molar-refractivity contribution in [1.29, 1.82) is 0 Å². The third-order valence-electron chi connectivity index (χ3n) is 3.02. The summed E-state index contributed by atoms with van der Waals surface area (Å²) in [7, 11) is 0. The largest absolute Gasteiger partial charge is 0.504 e. The van der Waals surface area contributed by atoms with Crippen LogP contribution in [-0.4, -0.2) is 20.2 Å². The summed E-state index contributed by atoms with van der Waals surface area (Å²) in [5, 5.41) is 19.8. The van der Waals surface area contributed by atoms with E-state index in [-0.39, 0.29) is 11.5 Å². The molecule has 0 fully saturated rings. The summed E-state index contributed by atoms with van der Waals surface area (Å²) in [6, 6.07) is 6.86. The fourth-order valence-corrected chi connectivity index (χ4v) is 3.12. The van der Waals surface area contributed by atoms with Gasteiger partial charge >= 0.3 is 0 Å². The van der Waals surface area contributed by atoms with Crippen molar-refractivity contribution in [3.63, 3.8) is 0 Å². The Hall–Kier alpha value is -2.13. The van der Waals surface area contributed by atoms with E-state index in [0.29, 0.717) is 5.52 Å². The average Bonchev–Trinajstić information content (AvgIpc) is 2.94. The quantitative estimate of drug-likeness (QED) is 0.241. The van der Waals surface area contributed by atoms with Crippen molar-refractivity contribution in [2.24, 2.45) is 0 Å². The third kappa shape index (κ3) is 3.80. The van der Waals surface area contributed by atoms with E-state index in [1.807, 2.05) is 59.3 Å². The Bertz CT molecular complexity index is 849. The van der Waals surface area contributed by atoms with E-state index in [1.165, 1.54) is 23.5 Å². The predicted octanol–water partition coefficient (Wildman–Crippen LogP) is 4.59. The van der Waals surface area contributed by atoms with Crippen LogP contribution >= 0.6 is 34.2 Å². The van der Waals surface area contributed by atoms with Gasteiger partial charge in [0.15, 0.2) is 11.5 Å². The molecule has 1 aromatic carbocycles. The lowest BCUT2D eigenvalue weighted by atomic mass is 10.2. The maximum absolute atomic E-state index is 9.49. The molecule has 0 radical (unpaired) electrons. The zero-order chi connectivity index (χ0) is 16.2. The number of benzene rings is 1. The first kappa shape index (κ1) is 15.8. The van der Waals surface area contributed by atoms with E-state index in [4.69, 9.17) is 0 Å². The molecule has 3 N–H and O–H groups in total. The lowest BCUT2D eigenvalue weighted by Crippen LogP contribution is -1.84. The maximum atomic E-state index is 9.49. The van der Waals surface area contributed by atoms with Gasteiger partial charge in [0, 0.05) is 18.3 Å². The Labute approximate surface area is 150 Å². The molecule has 0 aliphatic rings. The molecule has 0 saturated carbocycles. The summed E-state index contributed by atoms with van der Waals surface area (Å²) >= 11 is 3.48. The van der Waals surface area contributed by atoms with Crippen molar-refractivity contribution in [3.05, 3.63) is 53.2 Å². The fourth-order valence-electron chi connectivity index (χ4n) is 1.91. The highest BCUT2D eigenvalue weighted by atomic mass is 127. The van der Waals surface area contributed by atoms with Crippen molar-refractivity contribution in [3.8, 4) is 11.5 Å². The number of phenolic OH excluding ortho intramolecular Hbond substituents is 2. The Morgan fingerprint density at radius 2 is 1.87 bits per heavy atom. The first-order valence-corrected chi connectivity index (χ1v) is 8.55. The van der Waals surface area contributed by atoms with Crippen LogP contribution in [-0.2, 0) is 0 Å². The molecule has 0 aliphatic carbocycles. The summed E-state index contributed by atoms with van der Waals surface area (Å²) in [5.74, 6) is 0.531. The number of thiazole rings is 1. The van der Waals surface area contributed by atoms with Gasteiger partial charge in [-0.3, -0.25) is 0 Å². The van der Waals surface area contributed by atoms with Crippen molar-refractivity contribution < 1.29 is 10.2 Å². The van der Waals surface area contributed by atoms with E-state index >= 15 is 0 Å². The topological polar surface area (TPSA) is 78.3 Å². The summed E-state index contributed by atoms with van der Waals surface area (Å²) in [6.07, 6.45) is 9.42. The predicted molar refractivity (Wildman–Crippen MR) is 103 cm³/mol. The van der Waals surface area contributed by atoms with Gasteiger partial charge in [-0.2, -0.15) is 0 Å². The van der Waals surface area contributed by atoms with E-state index in [1.54, 1.807) is 6.20 Å². The smallest absolute Gasteiger partial charge is 0.159 e. The lowest BCUT2D eigenvalue weighted by Gasteiger charge is -1.96. The molecule has 5 nitrogen and oxygen atoms in total. The minimum absolute atomic E-state index is 0.131. The number of fused-ring (bicyclic) bond motifs is 1. The van der Waals surface area contributed by atoms with Crippen molar-refractivity contribution >= 4 is 62.4 Å². The van der Waals surface area contributed by atoms with E-state index < -0.39 is 0 Å².